The number of piperidine rings is 1. The topological polar surface area (TPSA) is 87.5 Å². The van der Waals surface area contributed by atoms with Gasteiger partial charge in [0.2, 0.25) is 5.91 Å². The van der Waals surface area contributed by atoms with Gasteiger partial charge < -0.3 is 21.3 Å². The molecule has 134 valence electrons. The van der Waals surface area contributed by atoms with Crippen molar-refractivity contribution in [3.8, 4) is 0 Å². The Morgan fingerprint density at radius 1 is 1.25 bits per heavy atom. The molecule has 3 unspecified atom stereocenters. The number of benzene rings is 1. The van der Waals surface area contributed by atoms with Crippen molar-refractivity contribution < 1.29 is 9.59 Å². The minimum atomic E-state index is -0.564. The molecule has 0 bridgehead atoms. The lowest BCUT2D eigenvalue weighted by Crippen LogP contribution is -2.52. The fraction of sp³-hybridized carbons (Fsp3) is 0.529. The van der Waals surface area contributed by atoms with Crippen LogP contribution in [0.3, 0.4) is 0 Å². The predicted molar refractivity (Wildman–Crippen MR) is 98.3 cm³/mol. The van der Waals surface area contributed by atoms with Gasteiger partial charge in [-0.3, -0.25) is 4.79 Å². The third-order valence-electron chi connectivity index (χ3n) is 4.26. The maximum atomic E-state index is 12.5. The molecule has 0 saturated carbocycles. The highest BCUT2D eigenvalue weighted by Gasteiger charge is 2.28. The van der Waals surface area contributed by atoms with E-state index in [0.717, 1.165) is 19.4 Å². The molecule has 0 aliphatic carbocycles. The van der Waals surface area contributed by atoms with Crippen molar-refractivity contribution in [3.63, 3.8) is 0 Å². The third-order valence-corrected chi connectivity index (χ3v) is 4.26. The first-order valence-corrected chi connectivity index (χ1v) is 8.14. The molecule has 2 rings (SSSR count). The van der Waals surface area contributed by atoms with Crippen LogP contribution in [0.15, 0.2) is 30.3 Å². The molecule has 3 amide bonds. The van der Waals surface area contributed by atoms with Crippen molar-refractivity contribution in [1.29, 1.82) is 0 Å². The van der Waals surface area contributed by atoms with Gasteiger partial charge in [0.15, 0.2) is 0 Å². The van der Waals surface area contributed by atoms with Crippen LogP contribution in [-0.2, 0) is 4.79 Å². The molecule has 1 heterocycles. The average Bonchev–Trinajstić information content (AvgIpc) is 2.55. The average molecular weight is 355 g/mol. The normalized spacial score (nSPS) is 19.6. The van der Waals surface area contributed by atoms with E-state index in [4.69, 9.17) is 5.73 Å². The summed E-state index contributed by atoms with van der Waals surface area (Å²) >= 11 is 0. The van der Waals surface area contributed by atoms with Gasteiger partial charge in [-0.15, -0.1) is 12.4 Å². The van der Waals surface area contributed by atoms with Crippen LogP contribution in [0, 0.1) is 5.92 Å². The Balaban J connectivity index is 0.00000288. The second-order valence-electron chi connectivity index (χ2n) is 6.23. The van der Waals surface area contributed by atoms with Crippen molar-refractivity contribution in [1.82, 2.24) is 10.2 Å². The molecular formula is C17H27ClN4O2. The lowest BCUT2D eigenvalue weighted by atomic mass is 9.92. The number of amides is 3. The number of nitrogens with zero attached hydrogens (tertiary/aromatic N) is 1. The molecule has 0 spiro atoms. The lowest BCUT2D eigenvalue weighted by Gasteiger charge is -2.36. The van der Waals surface area contributed by atoms with E-state index in [0.29, 0.717) is 18.2 Å². The summed E-state index contributed by atoms with van der Waals surface area (Å²) in [6.45, 7) is 5.09. The first kappa shape index (κ1) is 20.3. The number of para-hydroxylation sites is 1. The number of rotatable bonds is 4. The van der Waals surface area contributed by atoms with Crippen molar-refractivity contribution >= 4 is 30.0 Å². The smallest absolute Gasteiger partial charge is 0.319 e. The van der Waals surface area contributed by atoms with Gasteiger partial charge in [-0.25, -0.2) is 4.79 Å². The van der Waals surface area contributed by atoms with Gasteiger partial charge in [0.1, 0.15) is 6.04 Å². The number of halogens is 1. The highest BCUT2D eigenvalue weighted by Crippen LogP contribution is 2.19. The molecule has 0 radical (unpaired) electrons. The van der Waals surface area contributed by atoms with Crippen molar-refractivity contribution in [2.24, 2.45) is 11.7 Å². The lowest BCUT2D eigenvalue weighted by molar-refractivity contribution is -0.134. The summed E-state index contributed by atoms with van der Waals surface area (Å²) in [6, 6.07) is 8.28. The third kappa shape index (κ3) is 5.69. The molecule has 1 saturated heterocycles. The summed E-state index contributed by atoms with van der Waals surface area (Å²) in [7, 11) is 0. The minimum Gasteiger partial charge on any atom is -0.341 e. The van der Waals surface area contributed by atoms with E-state index in [1.165, 1.54) is 0 Å². The SMILES string of the molecule is CC(NC(=O)Nc1ccccc1)C(=O)N1CCCC(C(C)N)C1.Cl. The van der Waals surface area contributed by atoms with E-state index < -0.39 is 6.04 Å². The van der Waals surface area contributed by atoms with Crippen LogP contribution in [0.4, 0.5) is 10.5 Å². The van der Waals surface area contributed by atoms with Crippen LogP contribution < -0.4 is 16.4 Å². The van der Waals surface area contributed by atoms with E-state index >= 15 is 0 Å². The molecule has 1 aromatic rings. The molecular weight excluding hydrogens is 328 g/mol. The summed E-state index contributed by atoms with van der Waals surface area (Å²) in [5.41, 5.74) is 6.65. The van der Waals surface area contributed by atoms with Gasteiger partial charge >= 0.3 is 6.03 Å². The van der Waals surface area contributed by atoms with Crippen LogP contribution in [0.1, 0.15) is 26.7 Å². The molecule has 6 nitrogen and oxygen atoms in total. The fourth-order valence-corrected chi connectivity index (χ4v) is 2.86. The van der Waals surface area contributed by atoms with Gasteiger partial charge in [0.25, 0.3) is 0 Å². The number of anilines is 1. The van der Waals surface area contributed by atoms with Gasteiger partial charge in [0.05, 0.1) is 0 Å². The van der Waals surface area contributed by atoms with Gasteiger partial charge in [-0.1, -0.05) is 18.2 Å². The van der Waals surface area contributed by atoms with Crippen molar-refractivity contribution in [3.05, 3.63) is 30.3 Å². The molecule has 1 aliphatic heterocycles. The highest BCUT2D eigenvalue weighted by molar-refractivity contribution is 5.93. The molecule has 4 N–H and O–H groups in total. The van der Waals surface area contributed by atoms with Crippen LogP contribution in [-0.4, -0.2) is 42.0 Å². The maximum Gasteiger partial charge on any atom is 0.319 e. The summed E-state index contributed by atoms with van der Waals surface area (Å²) in [6.07, 6.45) is 2.01. The Labute approximate surface area is 149 Å². The number of carbonyl (C=O) groups is 2. The predicted octanol–water partition coefficient (Wildman–Crippen LogP) is 2.20. The molecule has 1 aliphatic rings. The molecule has 0 aromatic heterocycles. The van der Waals surface area contributed by atoms with E-state index in [1.807, 2.05) is 30.0 Å². The quantitative estimate of drug-likeness (QED) is 0.774. The maximum absolute atomic E-state index is 12.5. The Kier molecular flexibility index (Phi) is 8.01. The molecule has 24 heavy (non-hydrogen) atoms. The van der Waals surface area contributed by atoms with Crippen molar-refractivity contribution in [2.75, 3.05) is 18.4 Å². The summed E-state index contributed by atoms with van der Waals surface area (Å²) < 4.78 is 0. The highest BCUT2D eigenvalue weighted by atomic mass is 35.5. The Morgan fingerprint density at radius 3 is 2.54 bits per heavy atom. The summed E-state index contributed by atoms with van der Waals surface area (Å²) in [5.74, 6) is 0.275. The van der Waals surface area contributed by atoms with E-state index in [-0.39, 0.29) is 30.4 Å². The Bertz CT molecular complexity index is 539. The van der Waals surface area contributed by atoms with E-state index in [2.05, 4.69) is 10.6 Å². The second-order valence-corrected chi connectivity index (χ2v) is 6.23. The molecule has 1 fully saturated rings. The zero-order valence-electron chi connectivity index (χ0n) is 14.2. The number of nitrogens with two attached hydrogens (primary N) is 1. The van der Waals surface area contributed by atoms with Crippen LogP contribution >= 0.6 is 12.4 Å². The fourth-order valence-electron chi connectivity index (χ4n) is 2.86. The van der Waals surface area contributed by atoms with Crippen molar-refractivity contribution in [2.45, 2.75) is 38.8 Å². The number of nitrogens with one attached hydrogen (secondary N) is 2. The number of urea groups is 1. The zero-order chi connectivity index (χ0) is 16.8. The van der Waals surface area contributed by atoms with E-state index in [1.54, 1.807) is 19.1 Å². The monoisotopic (exact) mass is 354 g/mol. The number of carbonyl (C=O) groups excluding carboxylic acids is 2. The Hall–Kier alpha value is -1.79. The molecule has 7 heteroatoms. The first-order chi connectivity index (χ1) is 11.0. The van der Waals surface area contributed by atoms with Crippen LogP contribution in [0.2, 0.25) is 0 Å². The van der Waals surface area contributed by atoms with Crippen LogP contribution in [0.5, 0.6) is 0 Å². The zero-order valence-corrected chi connectivity index (χ0v) is 15.0. The van der Waals surface area contributed by atoms with Gasteiger partial charge in [-0.05, 0) is 44.7 Å². The molecule has 1 aromatic carbocycles. The van der Waals surface area contributed by atoms with E-state index in [9.17, 15) is 9.59 Å². The molecule has 3 atom stereocenters. The van der Waals surface area contributed by atoms with Crippen LogP contribution in [0.25, 0.3) is 0 Å². The Morgan fingerprint density at radius 2 is 1.92 bits per heavy atom. The second kappa shape index (κ2) is 9.49. The number of likely N-dealkylation sites (tertiary alicyclic amines) is 1. The summed E-state index contributed by atoms with van der Waals surface area (Å²) in [4.78, 5) is 26.3. The number of hydrogen-bond donors (Lipinski definition) is 3. The summed E-state index contributed by atoms with van der Waals surface area (Å²) in [5, 5.41) is 5.41. The van der Waals surface area contributed by atoms with Gasteiger partial charge in [0, 0.05) is 24.8 Å². The largest absolute Gasteiger partial charge is 0.341 e. The van der Waals surface area contributed by atoms with Gasteiger partial charge in [-0.2, -0.15) is 0 Å². The standard InChI is InChI=1S/C17H26N4O2.ClH/c1-12(18)14-7-6-10-21(11-14)16(22)13(2)19-17(23)20-15-8-4-3-5-9-15;/h3-5,8-9,12-14H,6-7,10-11,18H2,1-2H3,(H2,19,20,23);1H. The first-order valence-electron chi connectivity index (χ1n) is 8.14. The number of hydrogen-bond acceptors (Lipinski definition) is 3. The minimum absolute atomic E-state index is 0.